The van der Waals surface area contributed by atoms with E-state index in [1.165, 1.54) is 25.1 Å². The van der Waals surface area contributed by atoms with Crippen molar-refractivity contribution in [1.82, 2.24) is 24.3 Å². The second-order valence-corrected chi connectivity index (χ2v) is 11.3. The smallest absolute Gasteiger partial charge is 0.316 e. The van der Waals surface area contributed by atoms with Crippen molar-refractivity contribution in [2.45, 2.75) is 63.5 Å². The molecule has 6 heterocycles. The van der Waals surface area contributed by atoms with Crippen LogP contribution in [-0.2, 0) is 13.0 Å². The summed E-state index contributed by atoms with van der Waals surface area (Å²) in [5, 5.41) is 0. The van der Waals surface area contributed by atoms with Crippen LogP contribution < -0.4 is 4.90 Å². The molecule has 3 aromatic rings. The number of rotatable bonds is 5. The lowest BCUT2D eigenvalue weighted by Crippen LogP contribution is -2.53. The molecule has 2 aromatic heterocycles. The van der Waals surface area contributed by atoms with E-state index in [1.54, 1.807) is 11.1 Å². The van der Waals surface area contributed by atoms with Crippen LogP contribution in [0.1, 0.15) is 49.2 Å². The summed E-state index contributed by atoms with van der Waals surface area (Å²) in [5.74, 6) is -0.833. The third kappa shape index (κ3) is 4.61. The second kappa shape index (κ2) is 9.87. The van der Waals surface area contributed by atoms with Gasteiger partial charge in [-0.15, -0.1) is 0 Å². The zero-order valence-corrected chi connectivity index (χ0v) is 22.6. The molecule has 2 saturated heterocycles. The van der Waals surface area contributed by atoms with Gasteiger partial charge in [0.05, 0.1) is 5.52 Å². The highest BCUT2D eigenvalue weighted by Gasteiger charge is 2.46. The standard InChI is InChI=1S/C29H30F5N7/c1-2-40-19-4-5-20(40)14-38(13-19)12-17-3-7-25(35-11-17)39-15-22(31)27(36-16-39)18-9-21(30)28-23(10-18)41-24(29(32,33)34)6-8-26(41)37-28/h3,7,9-11,15,19-20,24H,2,4-6,8,12-14,16H2,1H3/t19?,20?,24-/m0/s1. The van der Waals surface area contributed by atoms with Gasteiger partial charge in [-0.25, -0.2) is 18.7 Å². The van der Waals surface area contributed by atoms with Crippen molar-refractivity contribution in [2.24, 2.45) is 4.99 Å². The van der Waals surface area contributed by atoms with Crippen molar-refractivity contribution in [2.75, 3.05) is 31.2 Å². The first-order valence-corrected chi connectivity index (χ1v) is 14.1. The molecule has 1 aromatic carbocycles. The largest absolute Gasteiger partial charge is 0.409 e. The van der Waals surface area contributed by atoms with Crippen LogP contribution in [0.3, 0.4) is 0 Å². The lowest BCUT2D eigenvalue weighted by molar-refractivity contribution is -0.164. The highest BCUT2D eigenvalue weighted by molar-refractivity contribution is 6.13. The molecule has 2 bridgehead atoms. The van der Waals surface area contributed by atoms with Crippen molar-refractivity contribution in [3.63, 3.8) is 0 Å². The van der Waals surface area contributed by atoms with Gasteiger partial charge in [-0.2, -0.15) is 13.2 Å². The van der Waals surface area contributed by atoms with Gasteiger partial charge in [0.2, 0.25) is 0 Å². The number of allylic oxidation sites excluding steroid dienone is 1. The van der Waals surface area contributed by atoms with Crippen molar-refractivity contribution in [1.29, 1.82) is 0 Å². The van der Waals surface area contributed by atoms with E-state index in [-0.39, 0.29) is 47.6 Å². The average molecular weight is 572 g/mol. The van der Waals surface area contributed by atoms with Gasteiger partial charge in [-0.05, 0) is 49.6 Å². The fourth-order valence-corrected chi connectivity index (χ4v) is 7.06. The zero-order valence-electron chi connectivity index (χ0n) is 22.6. The highest BCUT2D eigenvalue weighted by Crippen LogP contribution is 2.42. The zero-order chi connectivity index (χ0) is 28.5. The fourth-order valence-electron chi connectivity index (χ4n) is 7.06. The maximum atomic E-state index is 15.3. The third-order valence-electron chi connectivity index (χ3n) is 8.89. The lowest BCUT2D eigenvalue weighted by Gasteiger charge is -2.40. The quantitative estimate of drug-likeness (QED) is 0.386. The predicted octanol–water partition coefficient (Wildman–Crippen LogP) is 5.37. The number of likely N-dealkylation sites (N-methyl/N-ethyl adjacent to an activating group) is 1. The average Bonchev–Trinajstić information content (AvgIpc) is 3.59. The van der Waals surface area contributed by atoms with Crippen molar-refractivity contribution < 1.29 is 22.0 Å². The maximum Gasteiger partial charge on any atom is 0.409 e. The Morgan fingerprint density at radius 2 is 1.80 bits per heavy atom. The number of benzene rings is 1. The number of piperazine rings is 1. The Labute approximate surface area is 234 Å². The van der Waals surface area contributed by atoms with E-state index >= 15 is 4.39 Å². The molecule has 0 radical (unpaired) electrons. The summed E-state index contributed by atoms with van der Waals surface area (Å²) in [7, 11) is 0. The van der Waals surface area contributed by atoms with E-state index in [4.69, 9.17) is 0 Å². The van der Waals surface area contributed by atoms with Crippen molar-refractivity contribution in [3.05, 3.63) is 65.3 Å². The van der Waals surface area contributed by atoms with Crippen molar-refractivity contribution >= 4 is 22.6 Å². The van der Waals surface area contributed by atoms with E-state index in [0.717, 1.165) is 42.4 Å². The summed E-state index contributed by atoms with van der Waals surface area (Å²) in [6, 6.07) is 5.70. The molecule has 4 aliphatic rings. The number of fused-ring (bicyclic) bond motifs is 5. The molecule has 2 fully saturated rings. The van der Waals surface area contributed by atoms with E-state index in [0.29, 0.717) is 17.9 Å². The van der Waals surface area contributed by atoms with E-state index in [2.05, 4.69) is 31.7 Å². The van der Waals surface area contributed by atoms with Gasteiger partial charge in [-0.3, -0.25) is 14.8 Å². The van der Waals surface area contributed by atoms with E-state index in [9.17, 15) is 17.6 Å². The number of alkyl halides is 3. The number of nitrogens with zero attached hydrogens (tertiary/aromatic N) is 7. The monoisotopic (exact) mass is 571 g/mol. The number of anilines is 1. The van der Waals surface area contributed by atoms with E-state index in [1.807, 2.05) is 12.1 Å². The number of aliphatic imine (C=N–C) groups is 1. The van der Waals surface area contributed by atoms with Crippen LogP contribution in [0.4, 0.5) is 27.8 Å². The summed E-state index contributed by atoms with van der Waals surface area (Å²) < 4.78 is 72.2. The minimum absolute atomic E-state index is 0.00544. The van der Waals surface area contributed by atoms with Gasteiger partial charge < -0.3 is 9.47 Å². The van der Waals surface area contributed by atoms with Gasteiger partial charge in [0.25, 0.3) is 0 Å². The van der Waals surface area contributed by atoms with Crippen LogP contribution in [0.25, 0.3) is 11.0 Å². The van der Waals surface area contributed by atoms with Crippen LogP contribution >= 0.6 is 0 Å². The molecule has 4 aliphatic heterocycles. The number of pyridine rings is 1. The molecule has 41 heavy (non-hydrogen) atoms. The number of halogens is 5. The summed E-state index contributed by atoms with van der Waals surface area (Å²) in [6.07, 6.45) is 0.996. The SMILES string of the molecule is CCN1C2CCC1CN(Cc1ccc(N3C=C(F)C(c4cc(F)c5nc6n(c5c4)[C@H](C(F)(F)F)CC6)=NC3)nc1)C2. The van der Waals surface area contributed by atoms with Crippen LogP contribution in [0.15, 0.2) is 47.5 Å². The predicted molar refractivity (Wildman–Crippen MR) is 145 cm³/mol. The number of aromatic nitrogens is 3. The lowest BCUT2D eigenvalue weighted by atomic mass is 10.1. The normalized spacial score (nSPS) is 25.1. The molecule has 0 N–H and O–H groups in total. The Bertz CT molecular complexity index is 1530. The van der Waals surface area contributed by atoms with Gasteiger partial charge >= 0.3 is 6.18 Å². The van der Waals surface area contributed by atoms with E-state index < -0.39 is 23.9 Å². The maximum absolute atomic E-state index is 15.3. The van der Waals surface area contributed by atoms with Gasteiger partial charge in [0, 0.05) is 56.1 Å². The summed E-state index contributed by atoms with van der Waals surface area (Å²) in [4.78, 5) is 19.6. The van der Waals surface area contributed by atoms with Crippen LogP contribution in [0.2, 0.25) is 0 Å². The minimum atomic E-state index is -4.49. The van der Waals surface area contributed by atoms with Gasteiger partial charge in [-0.1, -0.05) is 13.0 Å². The van der Waals surface area contributed by atoms with Crippen molar-refractivity contribution in [3.8, 4) is 0 Å². The third-order valence-corrected chi connectivity index (χ3v) is 8.89. The molecule has 0 aliphatic carbocycles. The molecule has 0 saturated carbocycles. The fraction of sp³-hybridized carbons (Fsp3) is 0.483. The Hall–Kier alpha value is -3.38. The minimum Gasteiger partial charge on any atom is -0.316 e. The highest BCUT2D eigenvalue weighted by atomic mass is 19.4. The number of aryl methyl sites for hydroxylation is 1. The molecule has 3 atom stereocenters. The van der Waals surface area contributed by atoms with Gasteiger partial charge in [0.15, 0.2) is 11.6 Å². The molecule has 7 rings (SSSR count). The molecular weight excluding hydrogens is 541 g/mol. The number of hydrogen-bond acceptors (Lipinski definition) is 6. The Morgan fingerprint density at radius 3 is 2.46 bits per heavy atom. The first kappa shape index (κ1) is 26.5. The summed E-state index contributed by atoms with van der Waals surface area (Å²) in [5.41, 5.74) is 0.882. The Morgan fingerprint density at radius 1 is 1.02 bits per heavy atom. The molecule has 7 nitrogen and oxygen atoms in total. The number of likely N-dealkylation sites (tertiary alicyclic amines) is 1. The molecule has 0 amide bonds. The van der Waals surface area contributed by atoms with Crippen LogP contribution in [0, 0.1) is 5.82 Å². The summed E-state index contributed by atoms with van der Waals surface area (Å²) in [6.45, 7) is 6.27. The molecule has 2 unspecified atom stereocenters. The molecule has 216 valence electrons. The second-order valence-electron chi connectivity index (χ2n) is 11.3. The first-order valence-electron chi connectivity index (χ1n) is 14.1. The van der Waals surface area contributed by atoms with Gasteiger partial charge in [0.1, 0.15) is 35.6 Å². The Kier molecular flexibility index (Phi) is 6.38. The molecular formula is C29H30F5N7. The first-order chi connectivity index (χ1) is 19.7. The Balaban J connectivity index is 1.07. The topological polar surface area (TPSA) is 52.8 Å². The number of hydrogen-bond donors (Lipinski definition) is 0. The molecule has 12 heteroatoms. The summed E-state index contributed by atoms with van der Waals surface area (Å²) >= 11 is 0. The van der Waals surface area contributed by atoms with Crippen LogP contribution in [-0.4, -0.2) is 74.6 Å². The molecule has 0 spiro atoms. The number of imidazole rings is 1. The van der Waals surface area contributed by atoms with Crippen LogP contribution in [0.5, 0.6) is 0 Å².